The third-order valence-electron chi connectivity index (χ3n) is 5.87. The van der Waals surface area contributed by atoms with E-state index in [1.54, 1.807) is 0 Å². The van der Waals surface area contributed by atoms with Crippen LogP contribution >= 0.6 is 22.7 Å². The number of ether oxygens (including phenoxy) is 2. The summed E-state index contributed by atoms with van der Waals surface area (Å²) in [6.45, 7) is 5.80. The highest BCUT2D eigenvalue weighted by Gasteiger charge is 2.28. The zero-order valence-corrected chi connectivity index (χ0v) is 20.1. The molecule has 1 aromatic carbocycles. The molecule has 0 aliphatic carbocycles. The predicted octanol–water partition coefficient (Wildman–Crippen LogP) is 3.89. The number of amides is 2. The summed E-state index contributed by atoms with van der Waals surface area (Å²) in [4.78, 5) is 37.1. The molecular weight excluding hydrogens is 460 g/mol. The van der Waals surface area contributed by atoms with Crippen LogP contribution in [0.2, 0.25) is 0 Å². The van der Waals surface area contributed by atoms with Gasteiger partial charge in [-0.1, -0.05) is 6.07 Å². The second-order valence-electron chi connectivity index (χ2n) is 8.16. The first-order chi connectivity index (χ1) is 16.0. The van der Waals surface area contributed by atoms with Crippen LogP contribution in [-0.4, -0.2) is 46.6 Å². The average molecular weight is 485 g/mol. The van der Waals surface area contributed by atoms with Crippen LogP contribution < -0.4 is 14.8 Å². The van der Waals surface area contributed by atoms with Gasteiger partial charge in [0.25, 0.3) is 11.8 Å². The Labute approximate surface area is 199 Å². The van der Waals surface area contributed by atoms with Crippen molar-refractivity contribution in [2.75, 3.05) is 19.9 Å². The molecule has 1 saturated heterocycles. The van der Waals surface area contributed by atoms with E-state index in [-0.39, 0.29) is 24.5 Å². The van der Waals surface area contributed by atoms with Gasteiger partial charge in [0.1, 0.15) is 10.6 Å². The SMILES string of the molecule is Cc1nc(C)c(C(=O)N2CCC(c3nc(C(=O)NCc4ccc5c(c4)OCO5)cs3)CC2)s1. The minimum Gasteiger partial charge on any atom is -0.454 e. The van der Waals surface area contributed by atoms with Crippen molar-refractivity contribution in [2.45, 2.75) is 39.2 Å². The number of carbonyl (C=O) groups excluding carboxylic acids is 2. The number of nitrogens with zero attached hydrogens (tertiary/aromatic N) is 3. The summed E-state index contributed by atoms with van der Waals surface area (Å²) >= 11 is 2.97. The summed E-state index contributed by atoms with van der Waals surface area (Å²) in [5, 5.41) is 6.61. The van der Waals surface area contributed by atoms with Crippen LogP contribution in [0.25, 0.3) is 0 Å². The lowest BCUT2D eigenvalue weighted by atomic mass is 9.97. The van der Waals surface area contributed by atoms with Crippen molar-refractivity contribution in [1.29, 1.82) is 0 Å². The van der Waals surface area contributed by atoms with E-state index in [4.69, 9.17) is 9.47 Å². The maximum Gasteiger partial charge on any atom is 0.271 e. The smallest absolute Gasteiger partial charge is 0.271 e. The summed E-state index contributed by atoms with van der Waals surface area (Å²) in [6.07, 6.45) is 1.68. The number of carbonyl (C=O) groups is 2. The van der Waals surface area contributed by atoms with E-state index in [1.165, 1.54) is 22.7 Å². The zero-order valence-electron chi connectivity index (χ0n) is 18.4. The van der Waals surface area contributed by atoms with Gasteiger partial charge in [-0.2, -0.15) is 0 Å². The highest BCUT2D eigenvalue weighted by atomic mass is 32.1. The molecule has 0 atom stereocenters. The molecule has 4 heterocycles. The number of aryl methyl sites for hydroxylation is 2. The third kappa shape index (κ3) is 4.58. The predicted molar refractivity (Wildman–Crippen MR) is 125 cm³/mol. The number of thiazole rings is 2. The average Bonchev–Trinajstić information content (AvgIpc) is 3.56. The van der Waals surface area contributed by atoms with Gasteiger partial charge in [-0.25, -0.2) is 9.97 Å². The number of hydrogen-bond acceptors (Lipinski definition) is 8. The number of piperidine rings is 1. The first-order valence-corrected chi connectivity index (χ1v) is 12.5. The van der Waals surface area contributed by atoms with Gasteiger partial charge in [0.05, 0.1) is 15.7 Å². The third-order valence-corrected chi connectivity index (χ3v) is 7.94. The highest BCUT2D eigenvalue weighted by molar-refractivity contribution is 7.13. The molecule has 0 saturated carbocycles. The Morgan fingerprint density at radius 2 is 1.94 bits per heavy atom. The molecule has 10 heteroatoms. The second-order valence-corrected chi connectivity index (χ2v) is 10.2. The topological polar surface area (TPSA) is 93.7 Å². The molecule has 2 aliphatic heterocycles. The van der Waals surface area contributed by atoms with Crippen molar-refractivity contribution in [2.24, 2.45) is 0 Å². The van der Waals surface area contributed by atoms with Gasteiger partial charge in [0.15, 0.2) is 11.5 Å². The van der Waals surface area contributed by atoms with E-state index in [0.717, 1.165) is 44.7 Å². The molecule has 1 fully saturated rings. The van der Waals surface area contributed by atoms with Crippen LogP contribution in [0.15, 0.2) is 23.6 Å². The van der Waals surface area contributed by atoms with Crippen molar-refractivity contribution in [3.8, 4) is 11.5 Å². The normalized spacial score (nSPS) is 15.6. The van der Waals surface area contributed by atoms with E-state index >= 15 is 0 Å². The molecule has 2 amide bonds. The zero-order chi connectivity index (χ0) is 22.9. The number of rotatable bonds is 5. The Kier molecular flexibility index (Phi) is 6.03. The lowest BCUT2D eigenvalue weighted by molar-refractivity contribution is 0.0717. The molecule has 8 nitrogen and oxygen atoms in total. The van der Waals surface area contributed by atoms with E-state index in [1.807, 2.05) is 42.3 Å². The van der Waals surface area contributed by atoms with Crippen LogP contribution in [0.4, 0.5) is 0 Å². The number of likely N-dealkylation sites (tertiary alicyclic amines) is 1. The molecule has 0 bridgehead atoms. The largest absolute Gasteiger partial charge is 0.454 e. The Balaban J connectivity index is 1.15. The molecule has 2 aliphatic rings. The van der Waals surface area contributed by atoms with Crippen LogP contribution in [0.5, 0.6) is 11.5 Å². The van der Waals surface area contributed by atoms with Crippen molar-refractivity contribution in [3.63, 3.8) is 0 Å². The first kappa shape index (κ1) is 21.8. The van der Waals surface area contributed by atoms with Gasteiger partial charge >= 0.3 is 0 Å². The maximum absolute atomic E-state index is 12.8. The molecule has 2 aromatic heterocycles. The van der Waals surface area contributed by atoms with E-state index < -0.39 is 0 Å². The van der Waals surface area contributed by atoms with Gasteiger partial charge in [-0.05, 0) is 44.4 Å². The lowest BCUT2D eigenvalue weighted by Gasteiger charge is -2.30. The lowest BCUT2D eigenvalue weighted by Crippen LogP contribution is -2.37. The van der Waals surface area contributed by atoms with Crippen LogP contribution in [-0.2, 0) is 6.54 Å². The molecule has 172 valence electrons. The molecule has 0 unspecified atom stereocenters. The highest BCUT2D eigenvalue weighted by Crippen LogP contribution is 2.33. The van der Waals surface area contributed by atoms with E-state index in [0.29, 0.717) is 31.1 Å². The summed E-state index contributed by atoms with van der Waals surface area (Å²) in [6, 6.07) is 5.63. The van der Waals surface area contributed by atoms with Crippen molar-refractivity contribution < 1.29 is 19.1 Å². The van der Waals surface area contributed by atoms with Crippen LogP contribution in [0.3, 0.4) is 0 Å². The fourth-order valence-corrected chi connectivity index (χ4v) is 5.97. The summed E-state index contributed by atoms with van der Waals surface area (Å²) in [5.41, 5.74) is 2.18. The molecule has 5 rings (SSSR count). The second kappa shape index (κ2) is 9.11. The summed E-state index contributed by atoms with van der Waals surface area (Å²) < 4.78 is 10.7. The van der Waals surface area contributed by atoms with Crippen molar-refractivity contribution in [3.05, 3.63) is 55.4 Å². The maximum atomic E-state index is 12.8. The van der Waals surface area contributed by atoms with E-state index in [9.17, 15) is 9.59 Å². The Bertz CT molecular complexity index is 1200. The number of aromatic nitrogens is 2. The van der Waals surface area contributed by atoms with Crippen molar-refractivity contribution in [1.82, 2.24) is 20.2 Å². The summed E-state index contributed by atoms with van der Waals surface area (Å²) in [7, 11) is 0. The van der Waals surface area contributed by atoms with Crippen LogP contribution in [0, 0.1) is 13.8 Å². The standard InChI is InChI=1S/C23H24N4O4S2/c1-13-20(33-14(2)25-13)23(29)27-7-5-16(6-8-27)22-26-17(11-32-22)21(28)24-10-15-3-4-18-19(9-15)31-12-30-18/h3-4,9,11,16H,5-8,10,12H2,1-2H3,(H,24,28). The fraction of sp³-hybridized carbons (Fsp3) is 0.391. The quantitative estimate of drug-likeness (QED) is 0.591. The summed E-state index contributed by atoms with van der Waals surface area (Å²) in [5.74, 6) is 1.55. The number of hydrogen-bond donors (Lipinski definition) is 1. The minimum atomic E-state index is -0.196. The van der Waals surface area contributed by atoms with E-state index in [2.05, 4.69) is 15.3 Å². The van der Waals surface area contributed by atoms with Gasteiger partial charge in [-0.15, -0.1) is 22.7 Å². The number of nitrogens with one attached hydrogen (secondary N) is 1. The van der Waals surface area contributed by atoms with Crippen molar-refractivity contribution >= 4 is 34.5 Å². The molecule has 1 N–H and O–H groups in total. The molecule has 0 spiro atoms. The van der Waals surface area contributed by atoms with Crippen LogP contribution in [0.1, 0.15) is 60.2 Å². The van der Waals surface area contributed by atoms with Gasteiger partial charge in [-0.3, -0.25) is 9.59 Å². The molecule has 33 heavy (non-hydrogen) atoms. The first-order valence-electron chi connectivity index (χ1n) is 10.8. The Morgan fingerprint density at radius 1 is 1.15 bits per heavy atom. The molecule has 3 aromatic rings. The Hall–Kier alpha value is -2.98. The van der Waals surface area contributed by atoms with Gasteiger partial charge < -0.3 is 19.7 Å². The minimum absolute atomic E-state index is 0.0688. The van der Waals surface area contributed by atoms with Gasteiger partial charge in [0, 0.05) is 30.9 Å². The fourth-order valence-electron chi connectivity index (χ4n) is 4.11. The Morgan fingerprint density at radius 3 is 2.70 bits per heavy atom. The molecular formula is C23H24N4O4S2. The molecule has 0 radical (unpaired) electrons. The number of fused-ring (bicyclic) bond motifs is 1. The monoisotopic (exact) mass is 484 g/mol. The van der Waals surface area contributed by atoms with Gasteiger partial charge in [0.2, 0.25) is 6.79 Å². The number of benzene rings is 1.